The van der Waals surface area contributed by atoms with Gasteiger partial charge in [-0.25, -0.2) is 0 Å². The number of carbonyl (C=O) groups is 2. The molecular formula is C16H24N4O2S2. The summed E-state index contributed by atoms with van der Waals surface area (Å²) in [4.78, 5) is 25.9. The van der Waals surface area contributed by atoms with E-state index in [0.29, 0.717) is 23.3 Å². The lowest BCUT2D eigenvalue weighted by Gasteiger charge is -2.22. The molecule has 2 saturated carbocycles. The minimum absolute atomic E-state index is 0.0623. The van der Waals surface area contributed by atoms with Crippen LogP contribution in [-0.4, -0.2) is 39.8 Å². The highest BCUT2D eigenvalue weighted by Crippen LogP contribution is 2.36. The molecule has 0 aromatic carbocycles. The van der Waals surface area contributed by atoms with Gasteiger partial charge in [-0.05, 0) is 25.7 Å². The van der Waals surface area contributed by atoms with Crippen LogP contribution >= 0.6 is 23.1 Å². The molecule has 0 aliphatic heterocycles. The molecule has 2 fully saturated rings. The highest BCUT2D eigenvalue weighted by molar-refractivity contribution is 8.01. The Labute approximate surface area is 150 Å². The lowest BCUT2D eigenvalue weighted by Crippen LogP contribution is -2.37. The molecule has 1 aromatic heterocycles. The van der Waals surface area contributed by atoms with Gasteiger partial charge in [0.05, 0.1) is 5.75 Å². The maximum Gasteiger partial charge on any atom is 0.230 e. The van der Waals surface area contributed by atoms with Crippen LogP contribution in [-0.2, 0) is 9.59 Å². The third-order valence-electron chi connectivity index (χ3n) is 4.38. The van der Waals surface area contributed by atoms with Crippen molar-refractivity contribution in [3.8, 4) is 0 Å². The molecule has 1 N–H and O–H groups in total. The molecule has 6 nitrogen and oxygen atoms in total. The van der Waals surface area contributed by atoms with Gasteiger partial charge in [0, 0.05) is 18.5 Å². The van der Waals surface area contributed by atoms with Crippen LogP contribution in [0.4, 0.5) is 5.13 Å². The van der Waals surface area contributed by atoms with Gasteiger partial charge < -0.3 is 5.32 Å². The Morgan fingerprint density at radius 1 is 1.21 bits per heavy atom. The average molecular weight is 369 g/mol. The van der Waals surface area contributed by atoms with Gasteiger partial charge in [0.1, 0.15) is 0 Å². The van der Waals surface area contributed by atoms with Crippen LogP contribution in [0.1, 0.15) is 58.3 Å². The molecule has 0 spiro atoms. The van der Waals surface area contributed by atoms with Crippen LogP contribution in [0.2, 0.25) is 0 Å². The van der Waals surface area contributed by atoms with Gasteiger partial charge in [-0.2, -0.15) is 0 Å². The molecule has 24 heavy (non-hydrogen) atoms. The van der Waals surface area contributed by atoms with Crippen molar-refractivity contribution in [1.82, 2.24) is 15.5 Å². The van der Waals surface area contributed by atoms with E-state index in [1.165, 1.54) is 42.4 Å². The molecule has 8 heteroatoms. The maximum atomic E-state index is 12.1. The zero-order valence-electron chi connectivity index (χ0n) is 14.0. The summed E-state index contributed by atoms with van der Waals surface area (Å²) in [7, 11) is 0. The summed E-state index contributed by atoms with van der Waals surface area (Å²) in [6, 6.07) is 0.627. The number of amides is 2. The first-order valence-electron chi connectivity index (χ1n) is 8.75. The number of thioether (sulfide) groups is 1. The molecule has 0 radical (unpaired) electrons. The highest BCUT2D eigenvalue weighted by atomic mass is 32.2. The molecule has 1 aromatic rings. The summed E-state index contributed by atoms with van der Waals surface area (Å²) in [5, 5.41) is 12.1. The van der Waals surface area contributed by atoms with Gasteiger partial charge in [0.25, 0.3) is 0 Å². The molecular weight excluding hydrogens is 344 g/mol. The van der Waals surface area contributed by atoms with E-state index in [9.17, 15) is 9.59 Å². The third kappa shape index (κ3) is 4.69. The number of carbonyl (C=O) groups excluding carboxylic acids is 2. The van der Waals surface area contributed by atoms with E-state index in [-0.39, 0.29) is 17.9 Å². The fraction of sp³-hybridized carbons (Fsp3) is 0.750. The average Bonchev–Trinajstić information content (AvgIpc) is 3.31. The number of hydrogen-bond acceptors (Lipinski definition) is 6. The monoisotopic (exact) mass is 368 g/mol. The van der Waals surface area contributed by atoms with Crippen molar-refractivity contribution in [3.05, 3.63) is 0 Å². The summed E-state index contributed by atoms with van der Waals surface area (Å²) in [6.07, 6.45) is 8.44. The molecule has 2 aliphatic rings. The maximum absolute atomic E-state index is 12.1. The van der Waals surface area contributed by atoms with Crippen LogP contribution in [0.5, 0.6) is 0 Å². The summed E-state index contributed by atoms with van der Waals surface area (Å²) in [6.45, 7) is 1.87. The number of nitrogens with zero attached hydrogens (tertiary/aromatic N) is 3. The number of nitrogens with one attached hydrogen (secondary N) is 1. The van der Waals surface area contributed by atoms with Gasteiger partial charge in [-0.15, -0.1) is 10.2 Å². The quantitative estimate of drug-likeness (QED) is 0.591. The van der Waals surface area contributed by atoms with Crippen molar-refractivity contribution in [2.75, 3.05) is 10.7 Å². The van der Waals surface area contributed by atoms with E-state index in [1.54, 1.807) is 4.90 Å². The summed E-state index contributed by atoms with van der Waals surface area (Å²) < 4.78 is 0.748. The Morgan fingerprint density at radius 2 is 1.96 bits per heavy atom. The third-order valence-corrected chi connectivity index (χ3v) is 6.44. The molecule has 0 saturated heterocycles. The highest BCUT2D eigenvalue weighted by Gasteiger charge is 2.35. The second kappa shape index (κ2) is 8.29. The lowest BCUT2D eigenvalue weighted by molar-refractivity contribution is -0.119. The van der Waals surface area contributed by atoms with Crippen molar-refractivity contribution < 1.29 is 9.59 Å². The van der Waals surface area contributed by atoms with E-state index in [1.807, 2.05) is 6.92 Å². The standard InChI is InChI=1S/C16H24N4O2S2/c1-2-14(22)20(12-8-9-12)15-18-19-16(24-15)23-10-13(21)17-11-6-4-3-5-7-11/h11-12H,2-10H2,1H3,(H,17,21). The number of hydrogen-bond donors (Lipinski definition) is 1. The van der Waals surface area contributed by atoms with Crippen LogP contribution in [0.25, 0.3) is 0 Å². The second-order valence-electron chi connectivity index (χ2n) is 6.39. The first-order valence-corrected chi connectivity index (χ1v) is 10.5. The SMILES string of the molecule is CCC(=O)N(c1nnc(SCC(=O)NC2CCCCC2)s1)C1CC1. The topological polar surface area (TPSA) is 75.2 Å². The van der Waals surface area contributed by atoms with Crippen LogP contribution in [0, 0.1) is 0 Å². The Bertz CT molecular complexity index is 582. The predicted molar refractivity (Wildman–Crippen MR) is 96.4 cm³/mol. The van der Waals surface area contributed by atoms with E-state index in [0.717, 1.165) is 30.0 Å². The van der Waals surface area contributed by atoms with Crippen molar-refractivity contribution >= 4 is 40.0 Å². The van der Waals surface area contributed by atoms with E-state index < -0.39 is 0 Å². The molecule has 1 heterocycles. The van der Waals surface area contributed by atoms with Crippen LogP contribution in [0.3, 0.4) is 0 Å². The Morgan fingerprint density at radius 3 is 2.62 bits per heavy atom. The number of rotatable bonds is 7. The number of anilines is 1. The van der Waals surface area contributed by atoms with Crippen molar-refractivity contribution in [1.29, 1.82) is 0 Å². The molecule has 3 rings (SSSR count). The van der Waals surface area contributed by atoms with E-state index in [4.69, 9.17) is 0 Å². The molecule has 2 amide bonds. The first-order chi connectivity index (χ1) is 11.7. The molecule has 0 bridgehead atoms. The fourth-order valence-electron chi connectivity index (χ4n) is 2.97. The molecule has 0 unspecified atom stereocenters. The van der Waals surface area contributed by atoms with E-state index in [2.05, 4.69) is 15.5 Å². The minimum Gasteiger partial charge on any atom is -0.353 e. The molecule has 132 valence electrons. The van der Waals surface area contributed by atoms with Gasteiger partial charge in [0.2, 0.25) is 16.9 Å². The molecule has 0 atom stereocenters. The largest absolute Gasteiger partial charge is 0.353 e. The second-order valence-corrected chi connectivity index (χ2v) is 8.57. The lowest BCUT2D eigenvalue weighted by atomic mass is 9.95. The predicted octanol–water partition coefficient (Wildman–Crippen LogP) is 2.98. The van der Waals surface area contributed by atoms with Gasteiger partial charge in [-0.3, -0.25) is 14.5 Å². The summed E-state index contributed by atoms with van der Waals surface area (Å²) in [5.41, 5.74) is 0. The van der Waals surface area contributed by atoms with E-state index >= 15 is 0 Å². The molecule has 2 aliphatic carbocycles. The number of aromatic nitrogens is 2. The van der Waals surface area contributed by atoms with Crippen molar-refractivity contribution in [2.24, 2.45) is 0 Å². The van der Waals surface area contributed by atoms with Crippen LogP contribution < -0.4 is 10.2 Å². The van der Waals surface area contributed by atoms with Crippen LogP contribution in [0.15, 0.2) is 4.34 Å². The Hall–Kier alpha value is -1.15. The Kier molecular flexibility index (Phi) is 6.10. The fourth-order valence-corrected chi connectivity index (χ4v) is 4.71. The van der Waals surface area contributed by atoms with Gasteiger partial charge in [-0.1, -0.05) is 49.3 Å². The van der Waals surface area contributed by atoms with Gasteiger partial charge in [0.15, 0.2) is 4.34 Å². The zero-order valence-corrected chi connectivity index (χ0v) is 15.6. The summed E-state index contributed by atoms with van der Waals surface area (Å²) >= 11 is 2.81. The normalized spacial score (nSPS) is 18.4. The van der Waals surface area contributed by atoms with Gasteiger partial charge >= 0.3 is 0 Å². The first kappa shape index (κ1) is 17.7. The zero-order chi connectivity index (χ0) is 16.9. The van der Waals surface area contributed by atoms with Crippen molar-refractivity contribution in [2.45, 2.75) is 74.7 Å². The minimum atomic E-state index is 0.0623. The Balaban J connectivity index is 1.50. The summed E-state index contributed by atoms with van der Waals surface area (Å²) in [5.74, 6) is 0.517. The van der Waals surface area contributed by atoms with Crippen molar-refractivity contribution in [3.63, 3.8) is 0 Å². The smallest absolute Gasteiger partial charge is 0.230 e.